The van der Waals surface area contributed by atoms with E-state index in [0.29, 0.717) is 6.10 Å². The summed E-state index contributed by atoms with van der Waals surface area (Å²) in [5.74, 6) is 0. The Morgan fingerprint density at radius 2 is 2.47 bits per heavy atom. The van der Waals surface area contributed by atoms with Gasteiger partial charge in [0.05, 0.1) is 17.0 Å². The first-order valence-electron chi connectivity index (χ1n) is 5.99. The van der Waals surface area contributed by atoms with Crippen LogP contribution in [0.15, 0.2) is 12.1 Å². The topological polar surface area (TPSA) is 24.5 Å². The van der Waals surface area contributed by atoms with Crippen molar-refractivity contribution >= 4 is 22.9 Å². The van der Waals surface area contributed by atoms with Gasteiger partial charge in [-0.3, -0.25) is 0 Å². The molecule has 96 valence electrons. The zero-order valence-corrected chi connectivity index (χ0v) is 11.7. The molecule has 1 aliphatic rings. The first-order valence-corrected chi connectivity index (χ1v) is 7.18. The first-order chi connectivity index (χ1) is 8.24. The van der Waals surface area contributed by atoms with Crippen molar-refractivity contribution in [3.63, 3.8) is 0 Å². The average Bonchev–Trinajstić information content (AvgIpc) is 2.73. The summed E-state index contributed by atoms with van der Waals surface area (Å²) in [6, 6.07) is 4.06. The molecule has 0 aromatic carbocycles. The number of halogens is 1. The standard InChI is InChI=1S/C12H19ClN2OS/c1-15(9-11-2-3-12(13)17-11)6-4-10-8-14-5-7-16-10/h2-3,10,14H,4-9H2,1H3. The van der Waals surface area contributed by atoms with Crippen LogP contribution in [0.5, 0.6) is 0 Å². The van der Waals surface area contributed by atoms with Crippen molar-refractivity contribution in [1.82, 2.24) is 10.2 Å². The Morgan fingerprint density at radius 1 is 1.59 bits per heavy atom. The average molecular weight is 275 g/mol. The summed E-state index contributed by atoms with van der Waals surface area (Å²) in [4.78, 5) is 3.64. The lowest BCUT2D eigenvalue weighted by Crippen LogP contribution is -2.40. The minimum atomic E-state index is 0.373. The number of ether oxygens (including phenoxy) is 1. The molecule has 1 atom stereocenters. The molecule has 0 aliphatic carbocycles. The molecule has 1 unspecified atom stereocenters. The lowest BCUT2D eigenvalue weighted by Gasteiger charge is -2.25. The third-order valence-corrected chi connectivity index (χ3v) is 4.11. The fourth-order valence-corrected chi connectivity index (χ4v) is 3.12. The normalized spacial score (nSPS) is 21.0. The molecule has 1 aliphatic heterocycles. The summed E-state index contributed by atoms with van der Waals surface area (Å²) in [7, 11) is 2.14. The fraction of sp³-hybridized carbons (Fsp3) is 0.667. The number of thiophene rings is 1. The molecule has 17 heavy (non-hydrogen) atoms. The zero-order chi connectivity index (χ0) is 12.1. The predicted octanol–water partition coefficient (Wildman–Crippen LogP) is 2.21. The maximum absolute atomic E-state index is 5.91. The minimum Gasteiger partial charge on any atom is -0.376 e. The highest BCUT2D eigenvalue weighted by Crippen LogP contribution is 2.22. The fourth-order valence-electron chi connectivity index (χ4n) is 1.95. The molecule has 5 heteroatoms. The van der Waals surface area contributed by atoms with Crippen molar-refractivity contribution in [2.24, 2.45) is 0 Å². The lowest BCUT2D eigenvalue weighted by atomic mass is 10.2. The van der Waals surface area contributed by atoms with Crippen LogP contribution in [0.25, 0.3) is 0 Å². The monoisotopic (exact) mass is 274 g/mol. The molecule has 1 aromatic heterocycles. The molecular weight excluding hydrogens is 256 g/mol. The summed E-state index contributed by atoms with van der Waals surface area (Å²) in [5.41, 5.74) is 0. The maximum atomic E-state index is 5.91. The van der Waals surface area contributed by atoms with Gasteiger partial charge in [0.2, 0.25) is 0 Å². The number of nitrogens with one attached hydrogen (secondary N) is 1. The first kappa shape index (κ1) is 13.3. The quantitative estimate of drug-likeness (QED) is 0.891. The Kier molecular flexibility index (Phi) is 5.25. The van der Waals surface area contributed by atoms with Crippen molar-refractivity contribution < 1.29 is 4.74 Å². The highest BCUT2D eigenvalue weighted by Gasteiger charge is 2.14. The van der Waals surface area contributed by atoms with Crippen molar-refractivity contribution in [3.05, 3.63) is 21.3 Å². The number of nitrogens with zero attached hydrogens (tertiary/aromatic N) is 1. The number of morpholine rings is 1. The second-order valence-corrected chi connectivity index (χ2v) is 6.23. The predicted molar refractivity (Wildman–Crippen MR) is 72.9 cm³/mol. The third kappa shape index (κ3) is 4.56. The van der Waals surface area contributed by atoms with Crippen LogP contribution in [0.4, 0.5) is 0 Å². The van der Waals surface area contributed by atoms with Gasteiger partial charge in [0.15, 0.2) is 0 Å². The van der Waals surface area contributed by atoms with Gasteiger partial charge in [0, 0.05) is 31.1 Å². The maximum Gasteiger partial charge on any atom is 0.0931 e. The summed E-state index contributed by atoms with van der Waals surface area (Å²) in [6.45, 7) is 4.84. The number of rotatable bonds is 5. The Hall–Kier alpha value is -0.130. The molecule has 1 aromatic rings. The van der Waals surface area contributed by atoms with E-state index in [-0.39, 0.29) is 0 Å². The smallest absolute Gasteiger partial charge is 0.0931 e. The van der Waals surface area contributed by atoms with Crippen LogP contribution in [-0.2, 0) is 11.3 Å². The minimum absolute atomic E-state index is 0.373. The van der Waals surface area contributed by atoms with Crippen LogP contribution in [0.1, 0.15) is 11.3 Å². The van der Waals surface area contributed by atoms with Gasteiger partial charge in [-0.25, -0.2) is 0 Å². The van der Waals surface area contributed by atoms with Gasteiger partial charge in [-0.15, -0.1) is 11.3 Å². The third-order valence-electron chi connectivity index (χ3n) is 2.89. The van der Waals surface area contributed by atoms with E-state index in [9.17, 15) is 0 Å². The van der Waals surface area contributed by atoms with Crippen LogP contribution in [0.3, 0.4) is 0 Å². The van der Waals surface area contributed by atoms with E-state index in [1.165, 1.54) is 4.88 Å². The van der Waals surface area contributed by atoms with Gasteiger partial charge in [0.1, 0.15) is 0 Å². The molecule has 0 saturated carbocycles. The van der Waals surface area contributed by atoms with E-state index in [0.717, 1.165) is 43.5 Å². The molecule has 1 saturated heterocycles. The van der Waals surface area contributed by atoms with Crippen molar-refractivity contribution in [2.75, 3.05) is 33.3 Å². The van der Waals surface area contributed by atoms with Crippen molar-refractivity contribution in [3.8, 4) is 0 Å². The van der Waals surface area contributed by atoms with Crippen LogP contribution in [0.2, 0.25) is 4.34 Å². The van der Waals surface area contributed by atoms with Gasteiger partial charge >= 0.3 is 0 Å². The Labute approximate surface area is 112 Å². The molecule has 0 bridgehead atoms. The summed E-state index contributed by atoms with van der Waals surface area (Å²) >= 11 is 7.57. The van der Waals surface area contributed by atoms with Gasteiger partial charge < -0.3 is 15.0 Å². The van der Waals surface area contributed by atoms with Crippen molar-refractivity contribution in [1.29, 1.82) is 0 Å². The van der Waals surface area contributed by atoms with Crippen LogP contribution in [0, 0.1) is 0 Å². The molecule has 2 rings (SSSR count). The Balaban J connectivity index is 1.68. The van der Waals surface area contributed by atoms with Crippen molar-refractivity contribution in [2.45, 2.75) is 19.1 Å². The van der Waals surface area contributed by atoms with Gasteiger partial charge in [-0.05, 0) is 25.6 Å². The van der Waals surface area contributed by atoms with E-state index in [2.05, 4.69) is 23.3 Å². The molecule has 0 amide bonds. The Morgan fingerprint density at radius 3 is 3.12 bits per heavy atom. The highest BCUT2D eigenvalue weighted by atomic mass is 35.5. The molecule has 3 nitrogen and oxygen atoms in total. The second kappa shape index (κ2) is 6.71. The van der Waals surface area contributed by atoms with Crippen LogP contribution >= 0.6 is 22.9 Å². The summed E-state index contributed by atoms with van der Waals surface area (Å²) in [5, 5.41) is 3.35. The van der Waals surface area contributed by atoms with E-state index >= 15 is 0 Å². The number of hydrogen-bond donors (Lipinski definition) is 1. The molecule has 1 fully saturated rings. The SMILES string of the molecule is CN(CCC1CNCCO1)Cc1ccc(Cl)s1. The highest BCUT2D eigenvalue weighted by molar-refractivity contribution is 7.16. The van der Waals surface area contributed by atoms with Crippen LogP contribution < -0.4 is 5.32 Å². The van der Waals surface area contributed by atoms with Gasteiger partial charge in [-0.2, -0.15) is 0 Å². The summed E-state index contributed by atoms with van der Waals surface area (Å²) < 4.78 is 6.54. The van der Waals surface area contributed by atoms with E-state index in [1.54, 1.807) is 11.3 Å². The summed E-state index contributed by atoms with van der Waals surface area (Å²) in [6.07, 6.45) is 1.46. The van der Waals surface area contributed by atoms with Gasteiger partial charge in [-0.1, -0.05) is 11.6 Å². The van der Waals surface area contributed by atoms with Crippen LogP contribution in [-0.4, -0.2) is 44.3 Å². The second-order valence-electron chi connectivity index (χ2n) is 4.43. The van der Waals surface area contributed by atoms with E-state index in [1.807, 2.05) is 6.07 Å². The zero-order valence-electron chi connectivity index (χ0n) is 10.1. The molecule has 0 radical (unpaired) electrons. The van der Waals surface area contributed by atoms with Gasteiger partial charge in [0.25, 0.3) is 0 Å². The van der Waals surface area contributed by atoms with E-state index < -0.39 is 0 Å². The lowest BCUT2D eigenvalue weighted by molar-refractivity contribution is 0.0184. The molecule has 2 heterocycles. The number of hydrogen-bond acceptors (Lipinski definition) is 4. The Bertz CT molecular complexity index is 339. The van der Waals surface area contributed by atoms with E-state index in [4.69, 9.17) is 16.3 Å². The molecule has 1 N–H and O–H groups in total. The largest absolute Gasteiger partial charge is 0.376 e. The molecular formula is C12H19ClN2OS. The molecule has 0 spiro atoms.